The van der Waals surface area contributed by atoms with Crippen LogP contribution in [0.3, 0.4) is 0 Å². The van der Waals surface area contributed by atoms with E-state index in [4.69, 9.17) is 0 Å². The van der Waals surface area contributed by atoms with Crippen LogP contribution in [0.4, 0.5) is 0 Å². The molecule has 0 aromatic rings. The predicted octanol–water partition coefficient (Wildman–Crippen LogP) is 5.26. The summed E-state index contributed by atoms with van der Waals surface area (Å²) >= 11 is 1.82. The molecule has 2 rings (SSSR count). The molecular formula is C17H30O2S. The summed E-state index contributed by atoms with van der Waals surface area (Å²) in [6.07, 6.45) is 13.0. The summed E-state index contributed by atoms with van der Waals surface area (Å²) in [5, 5.41) is 10.4. The zero-order chi connectivity index (χ0) is 14.6. The Labute approximate surface area is 128 Å². The van der Waals surface area contributed by atoms with Gasteiger partial charge in [-0.05, 0) is 43.9 Å². The largest absolute Gasteiger partial charge is 0.480 e. The molecule has 0 amide bonds. The Kier molecular flexibility index (Phi) is 5.44. The number of carbonyl (C=O) groups is 1. The predicted molar refractivity (Wildman–Crippen MR) is 86.3 cm³/mol. The molecule has 0 aromatic carbocycles. The molecule has 116 valence electrons. The molecule has 2 aliphatic rings. The Bertz CT molecular complexity index is 320. The molecular weight excluding hydrogens is 268 g/mol. The van der Waals surface area contributed by atoms with E-state index in [0.717, 1.165) is 12.8 Å². The van der Waals surface area contributed by atoms with Crippen LogP contribution in [0.1, 0.15) is 84.5 Å². The smallest absolute Gasteiger partial charge is 0.319 e. The van der Waals surface area contributed by atoms with Gasteiger partial charge in [-0.15, -0.1) is 11.8 Å². The summed E-state index contributed by atoms with van der Waals surface area (Å²) < 4.78 is -0.452. The van der Waals surface area contributed by atoms with E-state index in [1.165, 1.54) is 57.8 Å². The minimum absolute atomic E-state index is 0.337. The molecule has 0 heterocycles. The maximum atomic E-state index is 11.9. The van der Waals surface area contributed by atoms with Gasteiger partial charge in [-0.1, -0.05) is 46.0 Å². The van der Waals surface area contributed by atoms with Gasteiger partial charge in [0.25, 0.3) is 0 Å². The van der Waals surface area contributed by atoms with Crippen molar-refractivity contribution in [2.45, 2.75) is 94.5 Å². The fraction of sp³-hybridized carbons (Fsp3) is 0.941. The minimum Gasteiger partial charge on any atom is -0.480 e. The number of aliphatic carboxylic acids is 1. The lowest BCUT2D eigenvalue weighted by Gasteiger charge is -2.55. The van der Waals surface area contributed by atoms with Crippen LogP contribution in [0.25, 0.3) is 0 Å². The van der Waals surface area contributed by atoms with Crippen LogP contribution in [0, 0.1) is 5.41 Å². The van der Waals surface area contributed by atoms with Gasteiger partial charge in [-0.3, -0.25) is 4.79 Å². The topological polar surface area (TPSA) is 37.3 Å². The Morgan fingerprint density at radius 3 is 2.10 bits per heavy atom. The van der Waals surface area contributed by atoms with Gasteiger partial charge < -0.3 is 5.11 Å². The molecule has 3 heteroatoms. The second-order valence-electron chi connectivity index (χ2n) is 7.03. The van der Waals surface area contributed by atoms with E-state index < -0.39 is 10.7 Å². The number of thioether (sulfide) groups is 1. The average Bonchev–Trinajstić information content (AvgIpc) is 2.38. The first kappa shape index (κ1) is 16.2. The molecule has 0 atom stereocenters. The summed E-state index contributed by atoms with van der Waals surface area (Å²) in [7, 11) is 0. The van der Waals surface area contributed by atoms with Gasteiger partial charge in [0.2, 0.25) is 0 Å². The second kappa shape index (κ2) is 6.72. The van der Waals surface area contributed by atoms with Gasteiger partial charge in [0, 0.05) is 5.25 Å². The average molecular weight is 298 g/mol. The van der Waals surface area contributed by atoms with Gasteiger partial charge in [0.05, 0.1) is 0 Å². The van der Waals surface area contributed by atoms with Crippen molar-refractivity contribution in [2.24, 2.45) is 5.41 Å². The summed E-state index contributed by atoms with van der Waals surface area (Å²) in [5.74, 6) is -0.545. The molecule has 0 bridgehead atoms. The van der Waals surface area contributed by atoms with E-state index in [-0.39, 0.29) is 0 Å². The van der Waals surface area contributed by atoms with Gasteiger partial charge in [0.15, 0.2) is 0 Å². The molecule has 0 aromatic heterocycles. The first-order valence-electron chi connectivity index (χ1n) is 8.47. The molecule has 0 unspecified atom stereocenters. The first-order chi connectivity index (χ1) is 9.56. The van der Waals surface area contributed by atoms with Crippen molar-refractivity contribution in [3.05, 3.63) is 0 Å². The molecule has 0 radical (unpaired) electrons. The van der Waals surface area contributed by atoms with E-state index in [0.29, 0.717) is 10.7 Å². The molecule has 20 heavy (non-hydrogen) atoms. The van der Waals surface area contributed by atoms with E-state index in [9.17, 15) is 9.90 Å². The molecule has 2 nitrogen and oxygen atoms in total. The van der Waals surface area contributed by atoms with Crippen molar-refractivity contribution in [3.63, 3.8) is 0 Å². The van der Waals surface area contributed by atoms with E-state index in [1.807, 2.05) is 11.8 Å². The lowest BCUT2D eigenvalue weighted by molar-refractivity contribution is -0.147. The molecule has 2 fully saturated rings. The molecule has 2 aliphatic carbocycles. The third-order valence-corrected chi connectivity index (χ3v) is 6.94. The fourth-order valence-electron chi connectivity index (χ4n) is 4.49. The zero-order valence-electron chi connectivity index (χ0n) is 13.1. The van der Waals surface area contributed by atoms with E-state index in [1.54, 1.807) is 0 Å². The SMILES string of the molecule is CCCC1(CCC)CC(SC2CCCCC2)(C(=O)O)C1. The molecule has 0 spiro atoms. The van der Waals surface area contributed by atoms with Crippen LogP contribution in [0.5, 0.6) is 0 Å². The number of rotatable bonds is 7. The fourth-order valence-corrected chi connectivity index (χ4v) is 6.57. The highest BCUT2D eigenvalue weighted by Crippen LogP contribution is 2.61. The van der Waals surface area contributed by atoms with Crippen molar-refractivity contribution in [2.75, 3.05) is 0 Å². The number of carboxylic acids is 1. The van der Waals surface area contributed by atoms with Crippen LogP contribution < -0.4 is 0 Å². The van der Waals surface area contributed by atoms with Crippen LogP contribution in [0.15, 0.2) is 0 Å². The monoisotopic (exact) mass is 298 g/mol. The normalized spacial score (nSPS) is 25.1. The van der Waals surface area contributed by atoms with Gasteiger partial charge in [-0.2, -0.15) is 0 Å². The van der Waals surface area contributed by atoms with Crippen LogP contribution >= 0.6 is 11.8 Å². The Morgan fingerprint density at radius 2 is 1.65 bits per heavy atom. The van der Waals surface area contributed by atoms with Crippen molar-refractivity contribution in [1.29, 1.82) is 0 Å². The lowest BCUT2D eigenvalue weighted by Crippen LogP contribution is -2.55. The summed E-state index contributed by atoms with van der Waals surface area (Å²) in [6, 6.07) is 0. The van der Waals surface area contributed by atoms with Crippen LogP contribution in [-0.2, 0) is 4.79 Å². The van der Waals surface area contributed by atoms with E-state index in [2.05, 4.69) is 13.8 Å². The molecule has 0 saturated heterocycles. The summed E-state index contributed by atoms with van der Waals surface area (Å²) in [6.45, 7) is 4.46. The highest BCUT2D eigenvalue weighted by atomic mass is 32.2. The summed E-state index contributed by atoms with van der Waals surface area (Å²) in [4.78, 5) is 11.9. The van der Waals surface area contributed by atoms with E-state index >= 15 is 0 Å². The Hall–Kier alpha value is -0.180. The van der Waals surface area contributed by atoms with Crippen LogP contribution in [0.2, 0.25) is 0 Å². The number of hydrogen-bond donors (Lipinski definition) is 1. The van der Waals surface area contributed by atoms with Crippen molar-refractivity contribution in [3.8, 4) is 0 Å². The van der Waals surface area contributed by atoms with Gasteiger partial charge in [-0.25, -0.2) is 0 Å². The highest BCUT2D eigenvalue weighted by Gasteiger charge is 2.59. The number of hydrogen-bond acceptors (Lipinski definition) is 2. The summed E-state index contributed by atoms with van der Waals surface area (Å²) in [5.41, 5.74) is 0.337. The Balaban J connectivity index is 2.00. The standard InChI is InChI=1S/C17H30O2S/c1-3-10-16(11-4-2)12-17(13-16,15(18)19)20-14-8-6-5-7-9-14/h14H,3-13H2,1-2H3,(H,18,19). The van der Waals surface area contributed by atoms with Gasteiger partial charge >= 0.3 is 5.97 Å². The Morgan fingerprint density at radius 1 is 1.10 bits per heavy atom. The number of carboxylic acid groups (broad SMARTS) is 1. The van der Waals surface area contributed by atoms with Crippen molar-refractivity contribution in [1.82, 2.24) is 0 Å². The second-order valence-corrected chi connectivity index (χ2v) is 8.71. The van der Waals surface area contributed by atoms with Gasteiger partial charge in [0.1, 0.15) is 4.75 Å². The maximum absolute atomic E-state index is 11.9. The maximum Gasteiger partial charge on any atom is 0.319 e. The lowest BCUT2D eigenvalue weighted by atomic mass is 9.57. The first-order valence-corrected chi connectivity index (χ1v) is 9.35. The minimum atomic E-state index is -0.545. The molecule has 0 aliphatic heterocycles. The zero-order valence-corrected chi connectivity index (χ0v) is 13.9. The highest BCUT2D eigenvalue weighted by molar-refractivity contribution is 8.02. The third-order valence-electron chi connectivity index (χ3n) is 5.22. The van der Waals surface area contributed by atoms with Crippen molar-refractivity contribution < 1.29 is 9.90 Å². The molecule has 2 saturated carbocycles. The molecule has 1 N–H and O–H groups in total. The van der Waals surface area contributed by atoms with Crippen molar-refractivity contribution >= 4 is 17.7 Å². The van der Waals surface area contributed by atoms with Crippen LogP contribution in [-0.4, -0.2) is 21.1 Å². The quantitative estimate of drug-likeness (QED) is 0.697. The third kappa shape index (κ3) is 3.35.